The van der Waals surface area contributed by atoms with Gasteiger partial charge in [0.2, 0.25) is 5.91 Å². The molecule has 1 aromatic heterocycles. The number of aromatic amines is 1. The molecule has 0 aliphatic carbocycles. The highest BCUT2D eigenvalue weighted by Crippen LogP contribution is 2.29. The summed E-state index contributed by atoms with van der Waals surface area (Å²) >= 11 is 0. The molecule has 4 rings (SSSR count). The fourth-order valence-electron chi connectivity index (χ4n) is 3.58. The summed E-state index contributed by atoms with van der Waals surface area (Å²) in [5.41, 5.74) is 0.838. The molecule has 0 fully saturated rings. The molecule has 6 nitrogen and oxygen atoms in total. The van der Waals surface area contributed by atoms with Crippen LogP contribution in [0.1, 0.15) is 16.7 Å². The Labute approximate surface area is 192 Å². The van der Waals surface area contributed by atoms with Gasteiger partial charge in [0.1, 0.15) is 0 Å². The van der Waals surface area contributed by atoms with Crippen LogP contribution in [-0.4, -0.2) is 22.6 Å². The van der Waals surface area contributed by atoms with Crippen molar-refractivity contribution < 1.29 is 18.0 Å². The van der Waals surface area contributed by atoms with Crippen LogP contribution in [0.15, 0.2) is 77.6 Å². The number of anilines is 2. The zero-order valence-electron chi connectivity index (χ0n) is 17.9. The number of nitrogens with zero attached hydrogens (tertiary/aromatic N) is 1. The number of benzene rings is 3. The molecule has 0 unspecified atom stereocenters. The maximum Gasteiger partial charge on any atom is 0.416 e. The monoisotopic (exact) mass is 466 g/mol. The van der Waals surface area contributed by atoms with Crippen molar-refractivity contribution in [1.29, 1.82) is 0 Å². The fraction of sp³-hybridized carbons (Fsp3) is 0.160. The summed E-state index contributed by atoms with van der Waals surface area (Å²) in [6.45, 7) is 0.574. The quantitative estimate of drug-likeness (QED) is 0.366. The summed E-state index contributed by atoms with van der Waals surface area (Å²) in [7, 11) is 0. The van der Waals surface area contributed by atoms with E-state index >= 15 is 0 Å². The standard InChI is InChI=1S/C25H21F3N4O2/c26-25(27,28)18-5-3-4-17(14-18)15-22(33)30-19-10-8-16(9-11-19)12-13-29-23-20-6-1-2-7-21(20)24(34)32-31-23/h1-11,14H,12-13,15H2,(H,29,31)(H,30,33)(H,32,34). The van der Waals surface area contributed by atoms with E-state index in [1.54, 1.807) is 24.3 Å². The highest BCUT2D eigenvalue weighted by molar-refractivity contribution is 5.92. The average molecular weight is 466 g/mol. The topological polar surface area (TPSA) is 86.9 Å². The van der Waals surface area contributed by atoms with Crippen LogP contribution in [-0.2, 0) is 23.8 Å². The minimum absolute atomic E-state index is 0.157. The number of carbonyl (C=O) groups is 1. The van der Waals surface area contributed by atoms with Gasteiger partial charge in [-0.3, -0.25) is 9.59 Å². The van der Waals surface area contributed by atoms with Crippen molar-refractivity contribution in [3.63, 3.8) is 0 Å². The van der Waals surface area contributed by atoms with Gasteiger partial charge in [-0.15, -0.1) is 0 Å². The molecular weight excluding hydrogens is 445 g/mol. The van der Waals surface area contributed by atoms with Crippen LogP contribution in [0.25, 0.3) is 10.8 Å². The minimum atomic E-state index is -4.45. The van der Waals surface area contributed by atoms with E-state index in [1.165, 1.54) is 12.1 Å². The number of rotatable bonds is 7. The number of hydrogen-bond acceptors (Lipinski definition) is 4. The first kappa shape index (κ1) is 23.0. The highest BCUT2D eigenvalue weighted by Gasteiger charge is 2.30. The molecule has 174 valence electrons. The van der Waals surface area contributed by atoms with Crippen molar-refractivity contribution in [3.05, 3.63) is 99.8 Å². The fourth-order valence-corrected chi connectivity index (χ4v) is 3.58. The molecule has 0 radical (unpaired) electrons. The number of H-pyrrole nitrogens is 1. The maximum absolute atomic E-state index is 12.8. The highest BCUT2D eigenvalue weighted by atomic mass is 19.4. The predicted molar refractivity (Wildman–Crippen MR) is 125 cm³/mol. The number of nitrogens with one attached hydrogen (secondary N) is 3. The zero-order chi connectivity index (χ0) is 24.1. The smallest absolute Gasteiger partial charge is 0.368 e. The second-order valence-electron chi connectivity index (χ2n) is 7.74. The number of carbonyl (C=O) groups excluding carboxylic acids is 1. The molecule has 0 bridgehead atoms. The third-order valence-corrected chi connectivity index (χ3v) is 5.26. The number of amides is 1. The van der Waals surface area contributed by atoms with Crippen molar-refractivity contribution in [2.45, 2.75) is 19.0 Å². The lowest BCUT2D eigenvalue weighted by atomic mass is 10.1. The van der Waals surface area contributed by atoms with Crippen LogP contribution in [0.4, 0.5) is 24.7 Å². The van der Waals surface area contributed by atoms with Crippen LogP contribution in [0.2, 0.25) is 0 Å². The van der Waals surface area contributed by atoms with Crippen molar-refractivity contribution in [1.82, 2.24) is 10.2 Å². The lowest BCUT2D eigenvalue weighted by Gasteiger charge is -2.10. The molecule has 1 heterocycles. The van der Waals surface area contributed by atoms with E-state index in [-0.39, 0.29) is 12.0 Å². The zero-order valence-corrected chi connectivity index (χ0v) is 17.9. The van der Waals surface area contributed by atoms with Crippen molar-refractivity contribution in [3.8, 4) is 0 Å². The molecule has 0 atom stereocenters. The summed E-state index contributed by atoms with van der Waals surface area (Å²) in [6.07, 6.45) is -3.93. The first-order valence-electron chi connectivity index (χ1n) is 10.6. The molecule has 0 aliphatic rings. The Bertz CT molecular complexity index is 1370. The van der Waals surface area contributed by atoms with Gasteiger partial charge >= 0.3 is 6.18 Å². The van der Waals surface area contributed by atoms with Gasteiger partial charge in [0.25, 0.3) is 5.56 Å². The predicted octanol–water partition coefficient (Wildman–Crippen LogP) is 4.78. The van der Waals surface area contributed by atoms with E-state index in [0.717, 1.165) is 23.1 Å². The van der Waals surface area contributed by atoms with Crippen molar-refractivity contribution in [2.24, 2.45) is 0 Å². The molecule has 1 amide bonds. The van der Waals surface area contributed by atoms with E-state index in [2.05, 4.69) is 20.8 Å². The Morgan fingerprint density at radius 2 is 1.65 bits per heavy atom. The summed E-state index contributed by atoms with van der Waals surface area (Å²) in [5, 5.41) is 13.8. The Hall–Kier alpha value is -4.14. The van der Waals surface area contributed by atoms with Crippen LogP contribution >= 0.6 is 0 Å². The second kappa shape index (κ2) is 9.78. The van der Waals surface area contributed by atoms with Gasteiger partial charge in [-0.25, -0.2) is 5.10 Å². The van der Waals surface area contributed by atoms with E-state index in [9.17, 15) is 22.8 Å². The van der Waals surface area contributed by atoms with Crippen LogP contribution in [0.5, 0.6) is 0 Å². The third-order valence-electron chi connectivity index (χ3n) is 5.26. The van der Waals surface area contributed by atoms with Gasteiger partial charge in [-0.1, -0.05) is 48.5 Å². The lowest BCUT2D eigenvalue weighted by molar-refractivity contribution is -0.137. The van der Waals surface area contributed by atoms with Crippen molar-refractivity contribution in [2.75, 3.05) is 17.2 Å². The Morgan fingerprint density at radius 3 is 2.38 bits per heavy atom. The van der Waals surface area contributed by atoms with E-state index in [0.29, 0.717) is 35.4 Å². The third kappa shape index (κ3) is 5.61. The molecule has 4 aromatic rings. The molecule has 0 spiro atoms. The SMILES string of the molecule is O=C(Cc1cccc(C(F)(F)F)c1)Nc1ccc(CCNc2n[nH]c(=O)c3ccccc23)cc1. The summed E-state index contributed by atoms with van der Waals surface area (Å²) in [6, 6.07) is 19.2. The van der Waals surface area contributed by atoms with E-state index < -0.39 is 17.6 Å². The Morgan fingerprint density at radius 1 is 0.912 bits per heavy atom. The number of fused-ring (bicyclic) bond motifs is 1. The van der Waals surface area contributed by atoms with Crippen LogP contribution in [0.3, 0.4) is 0 Å². The lowest BCUT2D eigenvalue weighted by Crippen LogP contribution is -2.15. The van der Waals surface area contributed by atoms with Gasteiger partial charge in [0.15, 0.2) is 5.82 Å². The maximum atomic E-state index is 12.8. The summed E-state index contributed by atoms with van der Waals surface area (Å²) in [4.78, 5) is 24.1. The molecule has 3 N–H and O–H groups in total. The first-order chi connectivity index (χ1) is 16.3. The molecule has 0 saturated carbocycles. The minimum Gasteiger partial charge on any atom is -0.368 e. The number of hydrogen-bond donors (Lipinski definition) is 3. The van der Waals surface area contributed by atoms with E-state index in [4.69, 9.17) is 0 Å². The number of aromatic nitrogens is 2. The summed E-state index contributed by atoms with van der Waals surface area (Å²) < 4.78 is 38.5. The van der Waals surface area contributed by atoms with Gasteiger partial charge in [-0.05, 0) is 41.8 Å². The largest absolute Gasteiger partial charge is 0.416 e. The molecular formula is C25H21F3N4O2. The van der Waals surface area contributed by atoms with Gasteiger partial charge in [0.05, 0.1) is 17.4 Å². The summed E-state index contributed by atoms with van der Waals surface area (Å²) in [5.74, 6) is 0.193. The second-order valence-corrected chi connectivity index (χ2v) is 7.74. The Balaban J connectivity index is 1.31. The molecule has 34 heavy (non-hydrogen) atoms. The van der Waals surface area contributed by atoms with Crippen LogP contribution < -0.4 is 16.2 Å². The normalized spacial score (nSPS) is 11.4. The first-order valence-corrected chi connectivity index (χ1v) is 10.6. The molecule has 0 saturated heterocycles. The Kier molecular flexibility index (Phi) is 6.62. The van der Waals surface area contributed by atoms with Gasteiger partial charge < -0.3 is 10.6 Å². The van der Waals surface area contributed by atoms with Crippen LogP contribution in [0, 0.1) is 0 Å². The van der Waals surface area contributed by atoms with E-state index in [1.807, 2.05) is 24.3 Å². The number of halogens is 3. The number of alkyl halides is 3. The van der Waals surface area contributed by atoms with Gasteiger partial charge in [-0.2, -0.15) is 18.3 Å². The van der Waals surface area contributed by atoms with Gasteiger partial charge in [0, 0.05) is 17.6 Å². The average Bonchev–Trinajstić information content (AvgIpc) is 2.81. The molecule has 3 aromatic carbocycles. The molecule has 0 aliphatic heterocycles. The molecule has 9 heteroatoms. The van der Waals surface area contributed by atoms with Crippen molar-refractivity contribution >= 4 is 28.2 Å².